The molecule has 0 aliphatic carbocycles. The van der Waals surface area contributed by atoms with Crippen LogP contribution in [0.15, 0.2) is 78.6 Å². The number of rotatable bonds is 8. The lowest BCUT2D eigenvalue weighted by Gasteiger charge is -2.36. The summed E-state index contributed by atoms with van der Waals surface area (Å²) in [5, 5.41) is 0. The Morgan fingerprint density at radius 2 is 1.08 bits per heavy atom. The summed E-state index contributed by atoms with van der Waals surface area (Å²) in [6.45, 7) is 4.35. The molecule has 0 bridgehead atoms. The van der Waals surface area contributed by atoms with E-state index in [-0.39, 0.29) is 36.9 Å². The van der Waals surface area contributed by atoms with Gasteiger partial charge in [0.1, 0.15) is 11.9 Å². The van der Waals surface area contributed by atoms with Crippen LogP contribution in [0.4, 0.5) is 39.5 Å². The van der Waals surface area contributed by atoms with Crippen LogP contribution in [0.1, 0.15) is 90.9 Å². The highest BCUT2D eigenvalue weighted by molar-refractivity contribution is 5.63. The van der Waals surface area contributed by atoms with Crippen LogP contribution in [0.2, 0.25) is 0 Å². The maximum Gasteiger partial charge on any atom is 0.278 e. The van der Waals surface area contributed by atoms with Gasteiger partial charge in [-0.1, -0.05) is 75.2 Å². The van der Waals surface area contributed by atoms with E-state index in [1.807, 2.05) is 48.5 Å². The Bertz CT molecular complexity index is 1790. The quantitative estimate of drug-likeness (QED) is 0.133. The van der Waals surface area contributed by atoms with E-state index >= 15 is 0 Å². The van der Waals surface area contributed by atoms with E-state index in [1.54, 1.807) is 0 Å². The minimum Gasteiger partial charge on any atom is -0.490 e. The maximum atomic E-state index is 14.6. The van der Waals surface area contributed by atoms with Crippen LogP contribution in [0, 0.1) is 34.9 Å². The molecular formula is C40H37F9O2. The van der Waals surface area contributed by atoms with E-state index in [2.05, 4.69) is 13.8 Å². The number of aryl methyl sites for hydroxylation is 2. The number of alkyl halides is 2. The molecule has 3 atom stereocenters. The van der Waals surface area contributed by atoms with Crippen LogP contribution in [-0.2, 0) is 22.3 Å². The van der Waals surface area contributed by atoms with Crippen LogP contribution in [-0.4, -0.2) is 19.1 Å². The lowest BCUT2D eigenvalue weighted by atomic mass is 9.86. The number of benzene rings is 4. The summed E-state index contributed by atoms with van der Waals surface area (Å²) in [5.41, 5.74) is 3.51. The van der Waals surface area contributed by atoms with Crippen molar-refractivity contribution in [3.63, 3.8) is 0 Å². The maximum absolute atomic E-state index is 14.6. The zero-order valence-corrected chi connectivity index (χ0v) is 28.0. The van der Waals surface area contributed by atoms with Crippen molar-refractivity contribution in [2.75, 3.05) is 13.2 Å². The molecule has 0 amide bonds. The van der Waals surface area contributed by atoms with E-state index in [4.69, 9.17) is 9.47 Å². The molecule has 0 aromatic heterocycles. The van der Waals surface area contributed by atoms with E-state index in [0.717, 1.165) is 54.5 Å². The normalized spacial score (nSPS) is 20.0. The molecule has 6 rings (SSSR count). The topological polar surface area (TPSA) is 18.5 Å². The number of ether oxygens (including phenoxy) is 2. The SMILES string of the molecule is CCCc1ccc(C2COC(c3cc(F)c(F)c(F)c3)=C(F)C2)cc1.CCCc1ccc(C2COC(c3cc(F)c(F)c(F)c3)C(F)(F)C2)cc1. The third kappa shape index (κ3) is 8.98. The Kier molecular flexibility index (Phi) is 12.2. The van der Waals surface area contributed by atoms with E-state index in [1.165, 1.54) is 5.56 Å². The minimum absolute atomic E-state index is 0.00596. The predicted molar refractivity (Wildman–Crippen MR) is 176 cm³/mol. The molecule has 4 aromatic rings. The molecule has 0 N–H and O–H groups in total. The van der Waals surface area contributed by atoms with Gasteiger partial charge in [-0.25, -0.2) is 39.5 Å². The van der Waals surface area contributed by atoms with Crippen molar-refractivity contribution in [2.24, 2.45) is 0 Å². The molecule has 11 heteroatoms. The molecule has 3 unspecified atom stereocenters. The third-order valence-corrected chi connectivity index (χ3v) is 9.00. The van der Waals surface area contributed by atoms with Crippen molar-refractivity contribution in [2.45, 2.75) is 76.2 Å². The van der Waals surface area contributed by atoms with E-state index in [9.17, 15) is 39.5 Å². The minimum atomic E-state index is -3.33. The molecule has 51 heavy (non-hydrogen) atoms. The largest absolute Gasteiger partial charge is 0.490 e. The zero-order chi connectivity index (χ0) is 36.9. The lowest BCUT2D eigenvalue weighted by molar-refractivity contribution is -0.181. The Morgan fingerprint density at radius 1 is 0.608 bits per heavy atom. The smallest absolute Gasteiger partial charge is 0.278 e. The van der Waals surface area contributed by atoms with Crippen LogP contribution < -0.4 is 0 Å². The van der Waals surface area contributed by atoms with E-state index < -0.39 is 70.7 Å². The molecule has 2 heterocycles. The zero-order valence-electron chi connectivity index (χ0n) is 28.0. The fraction of sp³-hybridized carbons (Fsp3) is 0.350. The van der Waals surface area contributed by atoms with Crippen LogP contribution in [0.3, 0.4) is 0 Å². The second-order valence-corrected chi connectivity index (χ2v) is 12.9. The number of allylic oxidation sites excluding steroid dienone is 1. The van der Waals surface area contributed by atoms with Gasteiger partial charge in [-0.05, 0) is 64.9 Å². The molecule has 272 valence electrons. The molecular weight excluding hydrogens is 683 g/mol. The van der Waals surface area contributed by atoms with Gasteiger partial charge in [0, 0.05) is 30.2 Å². The summed E-state index contributed by atoms with van der Waals surface area (Å²) in [5.74, 6) is -13.9. The highest BCUT2D eigenvalue weighted by Gasteiger charge is 2.48. The van der Waals surface area contributed by atoms with Crippen molar-refractivity contribution in [3.8, 4) is 0 Å². The molecule has 0 radical (unpaired) electrons. The fourth-order valence-corrected chi connectivity index (χ4v) is 6.37. The summed E-state index contributed by atoms with van der Waals surface area (Å²) < 4.78 is 134. The lowest BCUT2D eigenvalue weighted by Crippen LogP contribution is -2.37. The van der Waals surface area contributed by atoms with E-state index in [0.29, 0.717) is 12.1 Å². The van der Waals surface area contributed by atoms with Gasteiger partial charge in [0.15, 0.2) is 40.7 Å². The van der Waals surface area contributed by atoms with Crippen molar-refractivity contribution in [3.05, 3.63) is 147 Å². The first kappa shape index (κ1) is 38.0. The Morgan fingerprint density at radius 3 is 1.53 bits per heavy atom. The second kappa shape index (κ2) is 16.4. The summed E-state index contributed by atoms with van der Waals surface area (Å²) in [6, 6.07) is 18.0. The Hall–Kier alpha value is -4.25. The van der Waals surface area contributed by atoms with Crippen LogP contribution in [0.25, 0.3) is 5.76 Å². The van der Waals surface area contributed by atoms with Gasteiger partial charge >= 0.3 is 0 Å². The Labute approximate surface area is 290 Å². The van der Waals surface area contributed by atoms with Gasteiger partial charge in [-0.15, -0.1) is 0 Å². The highest BCUT2D eigenvalue weighted by Crippen LogP contribution is 2.46. The Balaban J connectivity index is 0.000000198. The van der Waals surface area contributed by atoms with Gasteiger partial charge < -0.3 is 9.47 Å². The monoisotopic (exact) mass is 720 g/mol. The fourth-order valence-electron chi connectivity index (χ4n) is 6.37. The first-order valence-corrected chi connectivity index (χ1v) is 16.8. The summed E-state index contributed by atoms with van der Waals surface area (Å²) in [4.78, 5) is 0. The number of halogens is 9. The van der Waals surface area contributed by atoms with Gasteiger partial charge in [-0.3, -0.25) is 0 Å². The molecule has 4 aromatic carbocycles. The predicted octanol–water partition coefficient (Wildman–Crippen LogP) is 11.8. The van der Waals surface area contributed by atoms with Crippen molar-refractivity contribution >= 4 is 5.76 Å². The van der Waals surface area contributed by atoms with Gasteiger partial charge in [0.25, 0.3) is 5.92 Å². The molecule has 2 aliphatic rings. The standard InChI is InChI=1S/C20H19F5O.C20H18F4O/c1-2-3-12-4-6-13(7-5-12)15-10-20(24,25)19(26-11-15)14-8-16(21)18(23)17(22)9-14;1-2-3-12-4-6-13(7-5-12)15-10-18(23)20(25-11-15)14-8-16(21)19(24)17(22)9-14/h4-9,15,19H,2-3,10-11H2,1H3;4-9,15H,2-3,10-11H2,1H3. The molecule has 0 spiro atoms. The van der Waals surface area contributed by atoms with Gasteiger partial charge in [-0.2, -0.15) is 0 Å². The van der Waals surface area contributed by atoms with Gasteiger partial charge in [0.2, 0.25) is 0 Å². The first-order chi connectivity index (χ1) is 24.3. The first-order valence-electron chi connectivity index (χ1n) is 16.8. The van der Waals surface area contributed by atoms with Crippen LogP contribution >= 0.6 is 0 Å². The number of hydrogen-bond acceptors (Lipinski definition) is 2. The molecule has 1 saturated heterocycles. The summed E-state index contributed by atoms with van der Waals surface area (Å²) in [7, 11) is 0. The molecule has 2 nitrogen and oxygen atoms in total. The van der Waals surface area contributed by atoms with Gasteiger partial charge in [0.05, 0.1) is 13.2 Å². The molecule has 2 aliphatic heterocycles. The average Bonchev–Trinajstić information content (AvgIpc) is 3.10. The van der Waals surface area contributed by atoms with Crippen LogP contribution in [0.5, 0.6) is 0 Å². The third-order valence-electron chi connectivity index (χ3n) is 9.00. The summed E-state index contributed by atoms with van der Waals surface area (Å²) >= 11 is 0. The highest BCUT2D eigenvalue weighted by atomic mass is 19.3. The molecule has 0 saturated carbocycles. The second-order valence-electron chi connectivity index (χ2n) is 12.9. The summed E-state index contributed by atoms with van der Waals surface area (Å²) in [6.07, 6.45) is 1.72. The van der Waals surface area contributed by atoms with Crippen molar-refractivity contribution in [1.29, 1.82) is 0 Å². The van der Waals surface area contributed by atoms with Crippen molar-refractivity contribution in [1.82, 2.24) is 0 Å². The molecule has 1 fully saturated rings. The average molecular weight is 721 g/mol. The van der Waals surface area contributed by atoms with Crippen molar-refractivity contribution < 1.29 is 49.0 Å². The number of hydrogen-bond donors (Lipinski definition) is 0.